The van der Waals surface area contributed by atoms with Crippen LogP contribution in [0.4, 0.5) is 9.18 Å². The number of rotatable bonds is 6. The molecule has 2 heterocycles. The number of sulfonamides is 1. The maximum atomic E-state index is 13.5. The fraction of sp³-hybridized carbons (Fsp3) is 0.353. The fourth-order valence-electron chi connectivity index (χ4n) is 2.55. The Kier molecular flexibility index (Phi) is 6.42. The van der Waals surface area contributed by atoms with Gasteiger partial charge in [-0.3, -0.25) is 0 Å². The highest BCUT2D eigenvalue weighted by molar-refractivity contribution is 7.91. The van der Waals surface area contributed by atoms with Gasteiger partial charge < -0.3 is 15.4 Å². The summed E-state index contributed by atoms with van der Waals surface area (Å²) in [6, 6.07) is 8.97. The molecule has 27 heavy (non-hydrogen) atoms. The number of hydrogen-bond donors (Lipinski definition) is 2. The minimum atomic E-state index is -3.53. The number of urea groups is 1. The Balaban J connectivity index is 1.52. The molecule has 0 bridgehead atoms. The summed E-state index contributed by atoms with van der Waals surface area (Å²) < 4.78 is 45.5. The van der Waals surface area contributed by atoms with Gasteiger partial charge in [0.25, 0.3) is 10.0 Å². The van der Waals surface area contributed by atoms with Crippen molar-refractivity contribution in [2.24, 2.45) is 0 Å². The molecule has 1 aromatic heterocycles. The number of ether oxygens (including phenoxy) is 1. The number of benzene rings is 1. The summed E-state index contributed by atoms with van der Waals surface area (Å²) in [7, 11) is -3.53. The maximum Gasteiger partial charge on any atom is 0.315 e. The van der Waals surface area contributed by atoms with Crippen LogP contribution in [0.1, 0.15) is 10.4 Å². The summed E-state index contributed by atoms with van der Waals surface area (Å²) in [6.07, 6.45) is 0. The van der Waals surface area contributed by atoms with Gasteiger partial charge in [-0.05, 0) is 18.2 Å². The standard InChI is InChI=1S/C17H20FN3O4S2/c18-15-4-2-1-3-13(15)11-19-17(22)20-12-14-5-6-16(26-14)27(23,24)21-7-9-25-10-8-21/h1-6H,7-12H2,(H2,19,20,22). The van der Waals surface area contributed by atoms with Crippen LogP contribution in [-0.2, 0) is 27.8 Å². The van der Waals surface area contributed by atoms with E-state index in [1.807, 2.05) is 0 Å². The first kappa shape index (κ1) is 19.7. The number of carbonyl (C=O) groups excluding carboxylic acids is 1. The Hall–Kier alpha value is -2.01. The lowest BCUT2D eigenvalue weighted by atomic mass is 10.2. The molecule has 1 aliphatic heterocycles. The van der Waals surface area contributed by atoms with Gasteiger partial charge in [0, 0.05) is 30.1 Å². The minimum Gasteiger partial charge on any atom is -0.379 e. The summed E-state index contributed by atoms with van der Waals surface area (Å²) in [5.74, 6) is -0.381. The maximum absolute atomic E-state index is 13.5. The van der Waals surface area contributed by atoms with E-state index in [9.17, 15) is 17.6 Å². The second-order valence-electron chi connectivity index (χ2n) is 5.86. The Morgan fingerprint density at radius 2 is 1.81 bits per heavy atom. The number of nitrogens with one attached hydrogen (secondary N) is 2. The number of amides is 2. The predicted octanol–water partition coefficient (Wildman–Crippen LogP) is 1.91. The van der Waals surface area contributed by atoms with Crippen LogP contribution >= 0.6 is 11.3 Å². The van der Waals surface area contributed by atoms with Crippen LogP contribution < -0.4 is 10.6 Å². The van der Waals surface area contributed by atoms with Crippen LogP contribution in [0.2, 0.25) is 0 Å². The van der Waals surface area contributed by atoms with Crippen molar-refractivity contribution in [1.29, 1.82) is 0 Å². The van der Waals surface area contributed by atoms with Crippen molar-refractivity contribution in [3.63, 3.8) is 0 Å². The predicted molar refractivity (Wildman–Crippen MR) is 99.4 cm³/mol. The van der Waals surface area contributed by atoms with E-state index in [0.717, 1.165) is 11.3 Å². The molecule has 1 aromatic carbocycles. The average molecular weight is 413 g/mol. The topological polar surface area (TPSA) is 87.7 Å². The summed E-state index contributed by atoms with van der Waals surface area (Å²) in [4.78, 5) is 12.6. The Labute approximate surface area is 161 Å². The van der Waals surface area contributed by atoms with E-state index in [-0.39, 0.29) is 23.1 Å². The van der Waals surface area contributed by atoms with Crippen molar-refractivity contribution in [3.8, 4) is 0 Å². The molecule has 0 spiro atoms. The lowest BCUT2D eigenvalue weighted by Gasteiger charge is -2.25. The van der Waals surface area contributed by atoms with Crippen LogP contribution in [0.15, 0.2) is 40.6 Å². The molecule has 7 nitrogen and oxygen atoms in total. The minimum absolute atomic E-state index is 0.0691. The first-order valence-electron chi connectivity index (χ1n) is 8.38. The third kappa shape index (κ3) is 5.04. The molecule has 2 N–H and O–H groups in total. The molecule has 0 unspecified atom stereocenters. The molecule has 0 atom stereocenters. The lowest BCUT2D eigenvalue weighted by molar-refractivity contribution is 0.0731. The highest BCUT2D eigenvalue weighted by Gasteiger charge is 2.27. The van der Waals surface area contributed by atoms with E-state index >= 15 is 0 Å². The SMILES string of the molecule is O=C(NCc1ccc(S(=O)(=O)N2CCOCC2)s1)NCc1ccccc1F. The highest BCUT2D eigenvalue weighted by Crippen LogP contribution is 2.25. The number of thiophene rings is 1. The van der Waals surface area contributed by atoms with E-state index in [1.54, 1.807) is 30.3 Å². The molecule has 3 rings (SSSR count). The van der Waals surface area contributed by atoms with Crippen molar-refractivity contribution in [1.82, 2.24) is 14.9 Å². The molecule has 0 radical (unpaired) electrons. The first-order chi connectivity index (χ1) is 13.0. The fourth-order valence-corrected chi connectivity index (χ4v) is 5.41. The summed E-state index contributed by atoms with van der Waals surface area (Å²) >= 11 is 1.12. The van der Waals surface area contributed by atoms with Crippen molar-refractivity contribution in [2.45, 2.75) is 17.3 Å². The largest absolute Gasteiger partial charge is 0.379 e. The molecular formula is C17H20FN3O4S2. The molecule has 1 saturated heterocycles. The number of carbonyl (C=O) groups is 1. The quantitative estimate of drug-likeness (QED) is 0.757. The molecule has 1 fully saturated rings. The van der Waals surface area contributed by atoms with Gasteiger partial charge in [0.2, 0.25) is 0 Å². The van der Waals surface area contributed by atoms with Gasteiger partial charge in [-0.15, -0.1) is 11.3 Å². The van der Waals surface area contributed by atoms with Crippen molar-refractivity contribution in [3.05, 3.63) is 52.7 Å². The van der Waals surface area contributed by atoms with Crippen molar-refractivity contribution < 1.29 is 22.3 Å². The molecule has 0 aliphatic carbocycles. The van der Waals surface area contributed by atoms with Gasteiger partial charge in [0.05, 0.1) is 19.8 Å². The summed E-state index contributed by atoms with van der Waals surface area (Å²) in [6.45, 7) is 1.72. The van der Waals surface area contributed by atoms with E-state index in [1.165, 1.54) is 10.4 Å². The Morgan fingerprint density at radius 3 is 2.56 bits per heavy atom. The van der Waals surface area contributed by atoms with Crippen LogP contribution in [-0.4, -0.2) is 45.1 Å². The average Bonchev–Trinajstić information content (AvgIpc) is 3.16. The van der Waals surface area contributed by atoms with E-state index < -0.39 is 16.1 Å². The van der Waals surface area contributed by atoms with Crippen LogP contribution in [0.25, 0.3) is 0 Å². The van der Waals surface area contributed by atoms with Crippen molar-refractivity contribution in [2.75, 3.05) is 26.3 Å². The van der Waals surface area contributed by atoms with Gasteiger partial charge >= 0.3 is 6.03 Å². The highest BCUT2D eigenvalue weighted by atomic mass is 32.2. The zero-order valence-electron chi connectivity index (χ0n) is 14.5. The Bertz CT molecular complexity index is 895. The molecule has 2 aromatic rings. The molecule has 10 heteroatoms. The van der Waals surface area contributed by atoms with Gasteiger partial charge in [-0.1, -0.05) is 18.2 Å². The second-order valence-corrected chi connectivity index (χ2v) is 9.20. The van der Waals surface area contributed by atoms with E-state index in [2.05, 4.69) is 10.6 Å². The monoisotopic (exact) mass is 413 g/mol. The smallest absolute Gasteiger partial charge is 0.315 e. The van der Waals surface area contributed by atoms with Gasteiger partial charge in [0.1, 0.15) is 10.0 Å². The molecule has 1 aliphatic rings. The second kappa shape index (κ2) is 8.79. The van der Waals surface area contributed by atoms with E-state index in [4.69, 9.17) is 4.74 Å². The molecule has 0 saturated carbocycles. The van der Waals surface area contributed by atoms with Crippen LogP contribution in [0.5, 0.6) is 0 Å². The number of morpholine rings is 1. The zero-order chi connectivity index (χ0) is 19.3. The normalized spacial score (nSPS) is 15.4. The molecular weight excluding hydrogens is 393 g/mol. The number of hydrogen-bond acceptors (Lipinski definition) is 5. The molecule has 2 amide bonds. The van der Waals surface area contributed by atoms with Crippen LogP contribution in [0, 0.1) is 5.82 Å². The first-order valence-corrected chi connectivity index (χ1v) is 10.6. The summed E-state index contributed by atoms with van der Waals surface area (Å²) in [5, 5.41) is 5.22. The van der Waals surface area contributed by atoms with Crippen molar-refractivity contribution >= 4 is 27.4 Å². The summed E-state index contributed by atoms with van der Waals surface area (Å²) in [5.41, 5.74) is 0.391. The number of halogens is 1. The Morgan fingerprint density at radius 1 is 1.11 bits per heavy atom. The number of nitrogens with zero attached hydrogens (tertiary/aromatic N) is 1. The van der Waals surface area contributed by atoms with Gasteiger partial charge in [0.15, 0.2) is 0 Å². The lowest BCUT2D eigenvalue weighted by Crippen LogP contribution is -2.40. The van der Waals surface area contributed by atoms with Gasteiger partial charge in [-0.2, -0.15) is 4.31 Å². The van der Waals surface area contributed by atoms with Crippen LogP contribution in [0.3, 0.4) is 0 Å². The van der Waals surface area contributed by atoms with Gasteiger partial charge in [-0.25, -0.2) is 17.6 Å². The molecule has 146 valence electrons. The van der Waals surface area contributed by atoms with E-state index in [0.29, 0.717) is 36.7 Å². The third-order valence-corrected chi connectivity index (χ3v) is 7.47. The zero-order valence-corrected chi connectivity index (χ0v) is 16.1. The third-order valence-electron chi connectivity index (χ3n) is 4.02.